The first-order chi connectivity index (χ1) is 16.9. The number of carbonyl (C=O) groups is 1. The zero-order valence-electron chi connectivity index (χ0n) is 20.2. The van der Waals surface area contributed by atoms with E-state index in [0.29, 0.717) is 22.9 Å². The fourth-order valence-corrected chi connectivity index (χ4v) is 4.11. The molecule has 1 aliphatic carbocycles. The van der Waals surface area contributed by atoms with Gasteiger partial charge < -0.3 is 26.4 Å². The van der Waals surface area contributed by atoms with Gasteiger partial charge in [-0.25, -0.2) is 9.97 Å². The zero-order chi connectivity index (χ0) is 24.4. The summed E-state index contributed by atoms with van der Waals surface area (Å²) in [4.78, 5) is 22.2. The first-order valence-electron chi connectivity index (χ1n) is 12.2. The molecule has 2 aliphatic rings. The van der Waals surface area contributed by atoms with E-state index in [1.807, 2.05) is 38.1 Å². The monoisotopic (exact) mass is 472 g/mol. The standard InChI is InChI=1S/C27H32N6O2/c1-27(2,16-34)23-4-3-5-24(33-23)32-22-13-25(29-15-21(22)26(35)31-19-8-9-19)30-20-7-6-17-10-11-28-14-18(17)12-20/h3-7,12-13,15,19,28,34H,8-11,14,16H2,1-2H3,(H,31,35)(H2,29,30,32,33). The highest BCUT2D eigenvalue weighted by Crippen LogP contribution is 2.29. The summed E-state index contributed by atoms with van der Waals surface area (Å²) in [6, 6.07) is 14.1. The van der Waals surface area contributed by atoms with Crippen LogP contribution in [0.1, 0.15) is 53.9 Å². The summed E-state index contributed by atoms with van der Waals surface area (Å²) < 4.78 is 0. The van der Waals surface area contributed by atoms with Crippen molar-refractivity contribution < 1.29 is 9.90 Å². The Morgan fingerprint density at radius 1 is 1.11 bits per heavy atom. The van der Waals surface area contributed by atoms with E-state index in [1.54, 1.807) is 6.20 Å². The summed E-state index contributed by atoms with van der Waals surface area (Å²) in [6.07, 6.45) is 4.65. The fourth-order valence-electron chi connectivity index (χ4n) is 4.11. The van der Waals surface area contributed by atoms with Gasteiger partial charge in [0.25, 0.3) is 5.91 Å². The van der Waals surface area contributed by atoms with Crippen molar-refractivity contribution in [2.75, 3.05) is 23.8 Å². The lowest BCUT2D eigenvalue weighted by Crippen LogP contribution is -2.26. The average molecular weight is 473 g/mol. The molecular weight excluding hydrogens is 440 g/mol. The van der Waals surface area contributed by atoms with Crippen molar-refractivity contribution in [2.24, 2.45) is 0 Å². The molecule has 8 nitrogen and oxygen atoms in total. The van der Waals surface area contributed by atoms with Crippen molar-refractivity contribution in [3.8, 4) is 0 Å². The van der Waals surface area contributed by atoms with Crippen molar-refractivity contribution in [2.45, 2.75) is 51.1 Å². The van der Waals surface area contributed by atoms with Gasteiger partial charge >= 0.3 is 0 Å². The lowest BCUT2D eigenvalue weighted by Gasteiger charge is -2.22. The van der Waals surface area contributed by atoms with Crippen LogP contribution in [0.15, 0.2) is 48.7 Å². The average Bonchev–Trinajstić information content (AvgIpc) is 3.68. The van der Waals surface area contributed by atoms with Gasteiger partial charge in [-0.1, -0.05) is 26.0 Å². The second kappa shape index (κ2) is 9.64. The second-order valence-corrected chi connectivity index (χ2v) is 9.97. The van der Waals surface area contributed by atoms with Crippen LogP contribution in [0.2, 0.25) is 0 Å². The van der Waals surface area contributed by atoms with Crippen LogP contribution in [0, 0.1) is 0 Å². The quantitative estimate of drug-likeness (QED) is 0.339. The number of hydrogen-bond donors (Lipinski definition) is 5. The Balaban J connectivity index is 1.44. The van der Waals surface area contributed by atoms with Crippen LogP contribution in [-0.4, -0.2) is 40.2 Å². The first-order valence-corrected chi connectivity index (χ1v) is 12.2. The van der Waals surface area contributed by atoms with Crippen LogP contribution in [0.5, 0.6) is 0 Å². The number of anilines is 4. The smallest absolute Gasteiger partial charge is 0.255 e. The molecule has 0 saturated heterocycles. The number of aliphatic hydroxyl groups is 1. The molecule has 1 amide bonds. The predicted octanol–water partition coefficient (Wildman–Crippen LogP) is 3.77. The van der Waals surface area contributed by atoms with Crippen LogP contribution in [0.4, 0.5) is 23.0 Å². The molecule has 0 unspecified atom stereocenters. The van der Waals surface area contributed by atoms with Gasteiger partial charge in [-0.15, -0.1) is 0 Å². The van der Waals surface area contributed by atoms with Crippen LogP contribution in [0.3, 0.4) is 0 Å². The van der Waals surface area contributed by atoms with E-state index in [-0.39, 0.29) is 18.6 Å². The van der Waals surface area contributed by atoms with E-state index in [0.717, 1.165) is 43.7 Å². The molecule has 1 saturated carbocycles. The largest absolute Gasteiger partial charge is 0.395 e. The van der Waals surface area contributed by atoms with Crippen LogP contribution < -0.4 is 21.3 Å². The third-order valence-electron chi connectivity index (χ3n) is 6.53. The molecule has 3 aromatic rings. The maximum Gasteiger partial charge on any atom is 0.255 e. The molecule has 0 bridgehead atoms. The van der Waals surface area contributed by atoms with Crippen molar-refractivity contribution in [1.29, 1.82) is 0 Å². The van der Waals surface area contributed by atoms with Crippen LogP contribution in [-0.2, 0) is 18.4 Å². The summed E-state index contributed by atoms with van der Waals surface area (Å²) in [6.45, 7) is 5.73. The number of aromatic nitrogens is 2. The number of hydrogen-bond acceptors (Lipinski definition) is 7. The topological polar surface area (TPSA) is 111 Å². The maximum atomic E-state index is 12.9. The minimum Gasteiger partial charge on any atom is -0.395 e. The third kappa shape index (κ3) is 5.44. The van der Waals surface area contributed by atoms with E-state index < -0.39 is 5.41 Å². The Kier molecular flexibility index (Phi) is 6.40. The Morgan fingerprint density at radius 3 is 2.77 bits per heavy atom. The molecule has 8 heteroatoms. The number of nitrogens with one attached hydrogen (secondary N) is 4. The summed E-state index contributed by atoms with van der Waals surface area (Å²) in [5.41, 5.74) is 4.98. The summed E-state index contributed by atoms with van der Waals surface area (Å²) >= 11 is 0. The summed E-state index contributed by atoms with van der Waals surface area (Å²) in [7, 11) is 0. The number of aliphatic hydroxyl groups excluding tert-OH is 1. The molecule has 2 aromatic heterocycles. The number of fused-ring (bicyclic) bond motifs is 1. The number of rotatable bonds is 8. The summed E-state index contributed by atoms with van der Waals surface area (Å²) in [5, 5.41) is 22.9. The highest BCUT2D eigenvalue weighted by Gasteiger charge is 2.26. The zero-order valence-corrected chi connectivity index (χ0v) is 20.2. The Bertz CT molecular complexity index is 1240. The van der Waals surface area contributed by atoms with E-state index in [2.05, 4.69) is 44.5 Å². The van der Waals surface area contributed by atoms with Gasteiger partial charge in [0.1, 0.15) is 11.6 Å². The predicted molar refractivity (Wildman–Crippen MR) is 137 cm³/mol. The van der Waals surface area contributed by atoms with Gasteiger partial charge in [-0.05, 0) is 61.2 Å². The number of nitrogens with zero attached hydrogens (tertiary/aromatic N) is 2. The molecule has 0 radical (unpaired) electrons. The number of pyridine rings is 2. The molecule has 5 rings (SSSR count). The van der Waals surface area contributed by atoms with Crippen molar-refractivity contribution in [3.63, 3.8) is 0 Å². The van der Waals surface area contributed by atoms with Crippen LogP contribution >= 0.6 is 0 Å². The number of carbonyl (C=O) groups excluding carboxylic acids is 1. The lowest BCUT2D eigenvalue weighted by molar-refractivity contribution is 0.0951. The SMILES string of the molecule is CC(C)(CO)c1cccc(Nc2cc(Nc3ccc4c(c3)CNCC4)ncc2C(=O)NC2CC2)n1. The fraction of sp³-hybridized carbons (Fsp3) is 0.370. The lowest BCUT2D eigenvalue weighted by atomic mass is 9.90. The molecule has 1 aliphatic heterocycles. The van der Waals surface area contributed by atoms with Gasteiger partial charge in [0.15, 0.2) is 0 Å². The summed E-state index contributed by atoms with van der Waals surface area (Å²) in [5.74, 6) is 1.08. The minimum absolute atomic E-state index is 0.0158. The Labute approximate surface area is 205 Å². The third-order valence-corrected chi connectivity index (χ3v) is 6.53. The van der Waals surface area contributed by atoms with E-state index >= 15 is 0 Å². The second-order valence-electron chi connectivity index (χ2n) is 9.97. The van der Waals surface area contributed by atoms with Gasteiger partial charge in [0.2, 0.25) is 0 Å². The van der Waals surface area contributed by atoms with E-state index in [4.69, 9.17) is 4.98 Å². The molecule has 0 spiro atoms. The molecule has 1 fully saturated rings. The normalized spacial score (nSPS) is 15.3. The Morgan fingerprint density at radius 2 is 1.97 bits per heavy atom. The number of benzene rings is 1. The van der Waals surface area contributed by atoms with E-state index in [9.17, 15) is 9.90 Å². The molecule has 1 aromatic carbocycles. The molecule has 182 valence electrons. The van der Waals surface area contributed by atoms with Crippen molar-refractivity contribution >= 4 is 28.9 Å². The maximum absolute atomic E-state index is 12.9. The first kappa shape index (κ1) is 23.3. The van der Waals surface area contributed by atoms with Crippen molar-refractivity contribution in [1.82, 2.24) is 20.6 Å². The van der Waals surface area contributed by atoms with Gasteiger partial charge in [-0.2, -0.15) is 0 Å². The molecule has 3 heterocycles. The molecule has 5 N–H and O–H groups in total. The van der Waals surface area contributed by atoms with E-state index in [1.165, 1.54) is 11.1 Å². The van der Waals surface area contributed by atoms with Crippen molar-refractivity contribution in [3.05, 3.63) is 71.0 Å². The Hall–Kier alpha value is -3.49. The van der Waals surface area contributed by atoms with Gasteiger partial charge in [-0.3, -0.25) is 4.79 Å². The molecule has 35 heavy (non-hydrogen) atoms. The van der Waals surface area contributed by atoms with Crippen LogP contribution in [0.25, 0.3) is 0 Å². The highest BCUT2D eigenvalue weighted by atomic mass is 16.3. The number of amides is 1. The minimum atomic E-state index is -0.476. The molecular formula is C27H32N6O2. The highest BCUT2D eigenvalue weighted by molar-refractivity contribution is 6.00. The van der Waals surface area contributed by atoms with Gasteiger partial charge in [0.05, 0.1) is 23.6 Å². The molecule has 0 atom stereocenters. The van der Waals surface area contributed by atoms with Gasteiger partial charge in [0, 0.05) is 36.0 Å².